The molecule has 5 rings (SSSR count). The van der Waals surface area contributed by atoms with Crippen LogP contribution in [0.15, 0.2) is 29.1 Å². The SMILES string of the molecule is CCCn1c2nc(C3CCC3)nc-2c2n(c1=O)CC(Cc1cccc(F)c1)N2.Cl. The van der Waals surface area contributed by atoms with E-state index in [-0.39, 0.29) is 30.0 Å². The zero-order valence-corrected chi connectivity index (χ0v) is 17.2. The minimum absolute atomic E-state index is 0. The van der Waals surface area contributed by atoms with E-state index in [9.17, 15) is 9.18 Å². The van der Waals surface area contributed by atoms with E-state index < -0.39 is 0 Å². The number of hydrogen-bond donors (Lipinski definition) is 1. The van der Waals surface area contributed by atoms with Crippen LogP contribution in [0.5, 0.6) is 0 Å². The number of nitrogens with zero attached hydrogens (tertiary/aromatic N) is 4. The van der Waals surface area contributed by atoms with Gasteiger partial charge in [0, 0.05) is 25.0 Å². The molecule has 154 valence electrons. The molecule has 0 radical (unpaired) electrons. The topological polar surface area (TPSA) is 64.7 Å². The van der Waals surface area contributed by atoms with Gasteiger partial charge in [-0.15, -0.1) is 12.4 Å². The Morgan fingerprint density at radius 2 is 2.10 bits per heavy atom. The summed E-state index contributed by atoms with van der Waals surface area (Å²) in [5.41, 5.74) is 1.66. The predicted octanol–water partition coefficient (Wildman–Crippen LogP) is 3.82. The highest BCUT2D eigenvalue weighted by molar-refractivity contribution is 5.85. The largest absolute Gasteiger partial charge is 0.365 e. The molecule has 0 spiro atoms. The van der Waals surface area contributed by atoms with Crippen LogP contribution in [0.4, 0.5) is 10.2 Å². The van der Waals surface area contributed by atoms with Crippen LogP contribution in [0.2, 0.25) is 0 Å². The number of fused-ring (bicyclic) bond motifs is 3. The van der Waals surface area contributed by atoms with Crippen LogP contribution in [-0.2, 0) is 19.5 Å². The third kappa shape index (κ3) is 3.41. The fourth-order valence-electron chi connectivity index (χ4n) is 4.27. The van der Waals surface area contributed by atoms with Crippen LogP contribution in [0.1, 0.15) is 49.9 Å². The van der Waals surface area contributed by atoms with Crippen LogP contribution in [0.3, 0.4) is 0 Å². The molecule has 0 saturated heterocycles. The summed E-state index contributed by atoms with van der Waals surface area (Å²) in [5.74, 6) is 2.50. The summed E-state index contributed by atoms with van der Waals surface area (Å²) in [4.78, 5) is 22.7. The van der Waals surface area contributed by atoms with Gasteiger partial charge in [0.2, 0.25) is 0 Å². The van der Waals surface area contributed by atoms with Gasteiger partial charge in [-0.25, -0.2) is 19.2 Å². The van der Waals surface area contributed by atoms with Crippen molar-refractivity contribution in [2.45, 2.75) is 64.1 Å². The predicted molar refractivity (Wildman–Crippen MR) is 113 cm³/mol. The Labute approximate surface area is 174 Å². The molecular weight excluding hydrogens is 393 g/mol. The molecule has 0 aromatic heterocycles. The van der Waals surface area contributed by atoms with E-state index in [4.69, 9.17) is 9.97 Å². The summed E-state index contributed by atoms with van der Waals surface area (Å²) in [6.45, 7) is 3.24. The number of benzene rings is 1. The van der Waals surface area contributed by atoms with Crippen LogP contribution < -0.4 is 11.0 Å². The Hall–Kier alpha value is -2.41. The standard InChI is InChI=1S/C21H24FN5O.ClH/c1-2-9-26-20-17(24-18(25-20)14-6-4-7-14)19-23-16(12-27(19)21(26)28)11-13-5-3-8-15(22)10-13;/h3,5,8,10,14,16,23H,2,4,6-7,9,11-12H2,1H3;1H. The van der Waals surface area contributed by atoms with Crippen molar-refractivity contribution in [3.63, 3.8) is 0 Å². The molecule has 0 amide bonds. The second-order valence-corrected chi connectivity index (χ2v) is 7.95. The minimum atomic E-state index is -0.236. The zero-order valence-electron chi connectivity index (χ0n) is 16.4. The molecule has 29 heavy (non-hydrogen) atoms. The molecule has 1 aromatic rings. The lowest BCUT2D eigenvalue weighted by atomic mass is 9.85. The quantitative estimate of drug-likeness (QED) is 0.685. The molecule has 8 heteroatoms. The first-order valence-corrected chi connectivity index (χ1v) is 10.2. The van der Waals surface area contributed by atoms with Crippen molar-refractivity contribution in [1.82, 2.24) is 19.1 Å². The molecule has 0 bridgehead atoms. The molecule has 1 aliphatic carbocycles. The summed E-state index contributed by atoms with van der Waals surface area (Å²) >= 11 is 0. The number of anilines is 1. The highest BCUT2D eigenvalue weighted by Crippen LogP contribution is 2.38. The molecular formula is C21H25ClFN5O. The van der Waals surface area contributed by atoms with Crippen molar-refractivity contribution in [3.8, 4) is 11.5 Å². The van der Waals surface area contributed by atoms with E-state index in [2.05, 4.69) is 12.2 Å². The van der Waals surface area contributed by atoms with Crippen molar-refractivity contribution in [2.75, 3.05) is 5.32 Å². The van der Waals surface area contributed by atoms with Gasteiger partial charge in [-0.05, 0) is 43.4 Å². The zero-order chi connectivity index (χ0) is 19.3. The van der Waals surface area contributed by atoms with Crippen molar-refractivity contribution in [1.29, 1.82) is 0 Å². The highest BCUT2D eigenvalue weighted by Gasteiger charge is 2.33. The van der Waals surface area contributed by atoms with E-state index in [1.54, 1.807) is 21.3 Å². The summed E-state index contributed by atoms with van der Waals surface area (Å²) in [6, 6.07) is 6.67. The monoisotopic (exact) mass is 417 g/mol. The molecule has 6 nitrogen and oxygen atoms in total. The summed E-state index contributed by atoms with van der Waals surface area (Å²) < 4.78 is 17.1. The van der Waals surface area contributed by atoms with Gasteiger partial charge in [-0.2, -0.15) is 0 Å². The maximum absolute atomic E-state index is 13.5. The lowest BCUT2D eigenvalue weighted by molar-refractivity contribution is 0.404. The molecule has 1 aromatic carbocycles. The molecule has 1 unspecified atom stereocenters. The Morgan fingerprint density at radius 3 is 2.79 bits per heavy atom. The van der Waals surface area contributed by atoms with Gasteiger partial charge >= 0.3 is 5.69 Å². The van der Waals surface area contributed by atoms with E-state index in [1.807, 2.05) is 6.07 Å². The lowest BCUT2D eigenvalue weighted by Gasteiger charge is -2.21. The molecule has 4 aliphatic rings. The first-order chi connectivity index (χ1) is 13.6. The molecule has 1 N–H and O–H groups in total. The number of imidazole rings is 1. The number of nitrogens with one attached hydrogen (secondary N) is 1. The fourth-order valence-corrected chi connectivity index (χ4v) is 4.27. The van der Waals surface area contributed by atoms with Crippen LogP contribution in [0.25, 0.3) is 11.5 Å². The van der Waals surface area contributed by atoms with Crippen molar-refractivity contribution in [2.24, 2.45) is 0 Å². The third-order valence-electron chi connectivity index (χ3n) is 5.90. The second-order valence-electron chi connectivity index (χ2n) is 7.95. The van der Waals surface area contributed by atoms with E-state index >= 15 is 0 Å². The van der Waals surface area contributed by atoms with Gasteiger partial charge < -0.3 is 5.32 Å². The van der Waals surface area contributed by atoms with Crippen LogP contribution in [-0.4, -0.2) is 25.1 Å². The van der Waals surface area contributed by atoms with Crippen LogP contribution in [0, 0.1) is 5.82 Å². The molecule has 3 heterocycles. The first-order valence-electron chi connectivity index (χ1n) is 10.2. The normalized spacial score (nSPS) is 18.2. The smallest absolute Gasteiger partial charge is 0.331 e. The van der Waals surface area contributed by atoms with Gasteiger partial charge in [0.25, 0.3) is 0 Å². The van der Waals surface area contributed by atoms with Crippen LogP contribution >= 0.6 is 12.4 Å². The number of hydrogen-bond acceptors (Lipinski definition) is 4. The maximum Gasteiger partial charge on any atom is 0.331 e. The van der Waals surface area contributed by atoms with E-state index in [0.717, 1.165) is 42.2 Å². The van der Waals surface area contributed by atoms with Gasteiger partial charge in [-0.3, -0.25) is 9.13 Å². The van der Waals surface area contributed by atoms with E-state index in [1.165, 1.54) is 12.5 Å². The molecule has 3 aliphatic heterocycles. The summed E-state index contributed by atoms with van der Waals surface area (Å²) in [7, 11) is 0. The van der Waals surface area contributed by atoms with Crippen molar-refractivity contribution < 1.29 is 4.39 Å². The lowest BCUT2D eigenvalue weighted by Crippen LogP contribution is -2.32. The fraction of sp³-hybridized carbons (Fsp3) is 0.476. The number of rotatable bonds is 5. The third-order valence-corrected chi connectivity index (χ3v) is 5.90. The van der Waals surface area contributed by atoms with E-state index in [0.29, 0.717) is 31.3 Å². The summed E-state index contributed by atoms with van der Waals surface area (Å²) in [6.07, 6.45) is 4.98. The number of aromatic nitrogens is 4. The Bertz CT molecular complexity index is 1060. The average Bonchev–Trinajstić information content (AvgIpc) is 3.22. The van der Waals surface area contributed by atoms with Gasteiger partial charge in [-0.1, -0.05) is 25.5 Å². The summed E-state index contributed by atoms with van der Waals surface area (Å²) in [5, 5.41) is 3.47. The van der Waals surface area contributed by atoms with Gasteiger partial charge in [0.15, 0.2) is 5.82 Å². The Kier molecular flexibility index (Phi) is 5.34. The minimum Gasteiger partial charge on any atom is -0.365 e. The second kappa shape index (κ2) is 7.78. The average molecular weight is 418 g/mol. The first kappa shape index (κ1) is 19.9. The molecule has 1 saturated carbocycles. The molecule has 1 fully saturated rings. The highest BCUT2D eigenvalue weighted by atomic mass is 35.5. The Balaban J connectivity index is 0.00000205. The maximum atomic E-state index is 13.5. The van der Waals surface area contributed by atoms with Crippen molar-refractivity contribution in [3.05, 3.63) is 52.0 Å². The van der Waals surface area contributed by atoms with Gasteiger partial charge in [0.05, 0.1) is 0 Å². The molecule has 1 atom stereocenters. The van der Waals surface area contributed by atoms with Crippen molar-refractivity contribution >= 4 is 18.2 Å². The van der Waals surface area contributed by atoms with Gasteiger partial charge in [0.1, 0.15) is 23.2 Å². The Morgan fingerprint density at radius 1 is 1.28 bits per heavy atom. The number of halogens is 2.